The van der Waals surface area contributed by atoms with Gasteiger partial charge in [-0.3, -0.25) is 9.59 Å². The summed E-state index contributed by atoms with van der Waals surface area (Å²) >= 11 is 0. The van der Waals surface area contributed by atoms with Crippen LogP contribution >= 0.6 is 0 Å². The van der Waals surface area contributed by atoms with Crippen LogP contribution in [0.1, 0.15) is 150 Å². The Morgan fingerprint density at radius 3 is 1.77 bits per heavy atom. The van der Waals surface area contributed by atoms with Gasteiger partial charge in [0.1, 0.15) is 17.6 Å². The normalized spacial score (nSPS) is 35.3. The van der Waals surface area contributed by atoms with Crippen molar-refractivity contribution in [1.82, 2.24) is 14.7 Å². The van der Waals surface area contributed by atoms with Crippen molar-refractivity contribution in [1.29, 1.82) is 0 Å². The Bertz CT molecular complexity index is 2520. The van der Waals surface area contributed by atoms with Crippen LogP contribution in [0.5, 0.6) is 17.2 Å². The molecule has 12 atom stereocenters. The molecule has 71 heavy (non-hydrogen) atoms. The monoisotopic (exact) mass is 973 g/mol. The van der Waals surface area contributed by atoms with E-state index in [1.54, 1.807) is 6.07 Å². The second kappa shape index (κ2) is 20.2. The molecule has 6 aliphatic carbocycles. The molecule has 3 saturated heterocycles. The van der Waals surface area contributed by atoms with E-state index in [1.807, 2.05) is 53.7 Å². The summed E-state index contributed by atoms with van der Waals surface area (Å²) in [4.78, 5) is 32.7. The van der Waals surface area contributed by atoms with Crippen molar-refractivity contribution < 1.29 is 30.0 Å². The number of likely N-dealkylation sites (N-methyl/N-ethyl adjacent to an activating group) is 3. The molecule has 10 nitrogen and oxygen atoms in total. The number of phenols is 3. The first kappa shape index (κ1) is 53.1. The number of rotatable bonds is 1. The Morgan fingerprint density at radius 2 is 1.15 bits per heavy atom. The number of likely N-dealkylation sites (tertiary alicyclic amines) is 3. The van der Waals surface area contributed by atoms with Crippen LogP contribution in [0.25, 0.3) is 0 Å². The zero-order valence-corrected chi connectivity index (χ0v) is 45.2. The molecule has 0 aromatic heterocycles. The van der Waals surface area contributed by atoms with E-state index >= 15 is 0 Å². The third-order valence-corrected chi connectivity index (χ3v) is 20.2. The summed E-state index contributed by atoms with van der Waals surface area (Å²) < 4.78 is 0. The van der Waals surface area contributed by atoms with E-state index in [4.69, 9.17) is 5.73 Å². The third-order valence-electron chi connectivity index (χ3n) is 20.2. The smallest absolute Gasteiger partial charge is 0.161 e. The largest absolute Gasteiger partial charge is 0.507 e. The van der Waals surface area contributed by atoms with Crippen LogP contribution in [0.15, 0.2) is 48.6 Å². The predicted octanol–water partition coefficient (Wildman–Crippen LogP) is 9.87. The minimum atomic E-state index is -0.883. The van der Waals surface area contributed by atoms with Gasteiger partial charge < -0.3 is 40.9 Å². The van der Waals surface area contributed by atoms with Crippen LogP contribution in [0.3, 0.4) is 0 Å². The first-order valence-electron chi connectivity index (χ1n) is 27.7. The number of aliphatic hydroxyl groups excluding tert-OH is 1. The number of carbonyl (C=O) groups is 2. The first-order chi connectivity index (χ1) is 33.9. The van der Waals surface area contributed by atoms with Crippen molar-refractivity contribution in [2.75, 3.05) is 46.5 Å². The molecule has 0 spiro atoms. The Hall–Kier alpha value is -4.22. The van der Waals surface area contributed by atoms with E-state index < -0.39 is 11.5 Å². The van der Waals surface area contributed by atoms with E-state index in [1.165, 1.54) is 60.1 Å². The van der Waals surface area contributed by atoms with Gasteiger partial charge in [-0.25, -0.2) is 0 Å². The number of piperidine rings is 3. The average molecular weight is 973 g/mol. The lowest BCUT2D eigenvalue weighted by molar-refractivity contribution is -0.140. The highest BCUT2D eigenvalue weighted by molar-refractivity contribution is 5.95. The van der Waals surface area contributed by atoms with Gasteiger partial charge in [-0.05, 0) is 195 Å². The number of fused-ring (bicyclic) bond motifs is 3. The molecule has 10 heteroatoms. The van der Waals surface area contributed by atoms with Crippen LogP contribution in [-0.4, -0.2) is 112 Å². The summed E-state index contributed by atoms with van der Waals surface area (Å²) in [6, 6.07) is 13.5. The SMILES string of the molecule is C=C1C(CC)CCC2C3Cc4ccc(C)c(N)c4C12CCN3C.CC.CC.CC1CCC2C3Cc4ccc(O)c(O)c4C2(CCN3C)C1=O.Cc1ccc2c(c1O)C13CCN(C)C(C2)C1CC(=O)C(O)C3. The molecule has 6 fully saturated rings. The Morgan fingerprint density at radius 1 is 0.648 bits per heavy atom. The van der Waals surface area contributed by atoms with Gasteiger partial charge in [0.2, 0.25) is 0 Å². The molecule has 6 bridgehead atoms. The van der Waals surface area contributed by atoms with Crippen LogP contribution in [0.4, 0.5) is 5.69 Å². The number of hydrogen-bond donors (Lipinski definition) is 5. The van der Waals surface area contributed by atoms with Crippen LogP contribution in [0, 0.1) is 43.4 Å². The van der Waals surface area contributed by atoms with Gasteiger partial charge >= 0.3 is 0 Å². The van der Waals surface area contributed by atoms with Gasteiger partial charge in [-0.15, -0.1) is 0 Å². The second-order valence-electron chi connectivity index (χ2n) is 22.9. The molecule has 6 N–H and O–H groups in total. The summed E-state index contributed by atoms with van der Waals surface area (Å²) in [6.07, 6.45) is 11.6. The Balaban J connectivity index is 0.000000138. The maximum Gasteiger partial charge on any atom is 0.161 e. The fraction of sp³-hybridized carbons (Fsp3) is 0.639. The quantitative estimate of drug-likeness (QED) is 0.0906. The molecule has 3 aromatic carbocycles. The number of phenolic OH excluding ortho intramolecular Hbond substituents is 3. The number of allylic oxidation sites excluding steroid dienone is 1. The van der Waals surface area contributed by atoms with E-state index in [0.717, 1.165) is 86.0 Å². The maximum atomic E-state index is 13.2. The van der Waals surface area contributed by atoms with Crippen molar-refractivity contribution in [3.05, 3.63) is 93.1 Å². The number of nitrogen functional groups attached to an aromatic ring is 1. The Kier molecular flexibility index (Phi) is 15.1. The Labute approximate surface area is 426 Å². The van der Waals surface area contributed by atoms with Crippen molar-refractivity contribution in [3.63, 3.8) is 0 Å². The molecule has 12 rings (SSSR count). The van der Waals surface area contributed by atoms with Crippen LogP contribution < -0.4 is 5.73 Å². The molecule has 3 heterocycles. The van der Waals surface area contributed by atoms with Gasteiger partial charge in [0, 0.05) is 58.1 Å². The lowest BCUT2D eigenvalue weighted by Gasteiger charge is -2.61. The number of carbonyl (C=O) groups excluding carboxylic acids is 2. The standard InChI is InChI=1S/C21H30N2.2C18H23NO3.2C2H6/c1-5-15-8-9-17-18-12-16-7-6-13(2)20(22)19(16)21(17,14(15)3)10-11-23(18)4;1-10-3-5-12-13-9-11-4-6-14(20)16(21)15(11)18(12,17(10)22)7-8-19(13)2;1-10-3-4-11-7-13-12-8-14(20)15(21)9-18(12,5-6-19(13)2)16(11)17(10)22;2*1-2/h6-7,15,17-18H,3,5,8-12,22H2,1-2,4H3;4,6,10,12-13,20-21H,3,5,7-9H2,1-2H3;3-4,12-13,15,21-22H,5-9H2,1-2H3;2*1-2H3. The van der Waals surface area contributed by atoms with E-state index in [2.05, 4.69) is 74.5 Å². The number of hydrogen-bond acceptors (Lipinski definition) is 10. The number of benzene rings is 3. The van der Waals surface area contributed by atoms with Crippen molar-refractivity contribution in [3.8, 4) is 17.2 Å². The summed E-state index contributed by atoms with van der Waals surface area (Å²) in [5, 5.41) is 41.5. The number of nitrogens with zero attached hydrogens (tertiary/aromatic N) is 3. The number of nitrogens with two attached hydrogens (primary N) is 1. The van der Waals surface area contributed by atoms with Gasteiger partial charge in [0.25, 0.3) is 0 Å². The predicted molar refractivity (Wildman–Crippen MR) is 286 cm³/mol. The summed E-state index contributed by atoms with van der Waals surface area (Å²) in [7, 11) is 6.58. The molecule has 3 aromatic rings. The first-order valence-corrected chi connectivity index (χ1v) is 27.7. The van der Waals surface area contributed by atoms with Crippen molar-refractivity contribution >= 4 is 17.3 Å². The molecular formula is C61H88N4O6. The highest BCUT2D eigenvalue weighted by Crippen LogP contribution is 2.62. The van der Waals surface area contributed by atoms with Gasteiger partial charge in [-0.1, -0.05) is 84.0 Å². The molecular weight excluding hydrogens is 885 g/mol. The molecule has 388 valence electrons. The van der Waals surface area contributed by atoms with Crippen molar-refractivity contribution in [2.45, 2.75) is 179 Å². The van der Waals surface area contributed by atoms with Gasteiger partial charge in [0.15, 0.2) is 17.3 Å². The molecule has 0 amide bonds. The molecule has 12 unspecified atom stereocenters. The molecule has 0 radical (unpaired) electrons. The number of aromatic hydroxyl groups is 3. The van der Waals surface area contributed by atoms with Gasteiger partial charge in [0.05, 0.1) is 5.41 Å². The van der Waals surface area contributed by atoms with E-state index in [9.17, 15) is 30.0 Å². The number of aryl methyl sites for hydroxylation is 2. The number of Topliss-reactive ketones (excluding diaryl/α,β-unsaturated/α-hetero) is 2. The minimum Gasteiger partial charge on any atom is -0.507 e. The minimum absolute atomic E-state index is 0.0310. The number of anilines is 1. The maximum absolute atomic E-state index is 13.2. The fourth-order valence-corrected chi connectivity index (χ4v) is 16.5. The highest BCUT2D eigenvalue weighted by Gasteiger charge is 2.62. The van der Waals surface area contributed by atoms with Crippen LogP contribution in [-0.2, 0) is 45.1 Å². The number of ketones is 2. The highest BCUT2D eigenvalue weighted by atomic mass is 16.3. The van der Waals surface area contributed by atoms with E-state index in [0.29, 0.717) is 48.6 Å². The van der Waals surface area contributed by atoms with Crippen LogP contribution in [0.2, 0.25) is 0 Å². The lowest BCUT2D eigenvalue weighted by Crippen LogP contribution is -2.64. The molecule has 9 aliphatic rings. The topological polar surface area (TPSA) is 151 Å². The lowest BCUT2D eigenvalue weighted by atomic mass is 9.48. The molecule has 3 aliphatic heterocycles. The summed E-state index contributed by atoms with van der Waals surface area (Å²) in [6.45, 7) is 24.1. The van der Waals surface area contributed by atoms with E-state index in [-0.39, 0.29) is 51.6 Å². The average Bonchev–Trinajstić information content (AvgIpc) is 3.36. The van der Waals surface area contributed by atoms with Gasteiger partial charge in [-0.2, -0.15) is 0 Å². The summed E-state index contributed by atoms with van der Waals surface area (Å²) in [5.74, 6) is 2.33. The fourth-order valence-electron chi connectivity index (χ4n) is 16.5. The zero-order valence-electron chi connectivity index (χ0n) is 45.2. The molecule has 3 saturated carbocycles. The number of aliphatic hydroxyl groups is 1. The zero-order chi connectivity index (χ0) is 51.6. The summed E-state index contributed by atoms with van der Waals surface area (Å²) in [5.41, 5.74) is 17.6. The van der Waals surface area contributed by atoms with Crippen molar-refractivity contribution in [2.24, 2.45) is 29.6 Å². The second-order valence-corrected chi connectivity index (χ2v) is 22.9. The third kappa shape index (κ3) is 8.10.